The Morgan fingerprint density at radius 2 is 1.96 bits per heavy atom. The summed E-state index contributed by atoms with van der Waals surface area (Å²) in [4.78, 5) is 11.4. The fraction of sp³-hybridized carbons (Fsp3) is 0.478. The van der Waals surface area contributed by atoms with Gasteiger partial charge in [-0.25, -0.2) is 0 Å². The van der Waals surface area contributed by atoms with Crippen LogP contribution in [0.25, 0.3) is 5.57 Å². The molecule has 2 aromatic rings. The zero-order valence-corrected chi connectivity index (χ0v) is 16.5. The third-order valence-corrected chi connectivity index (χ3v) is 6.13. The topological polar surface area (TPSA) is 64.4 Å². The zero-order valence-electron chi connectivity index (χ0n) is 16.5. The number of nitrogens with zero attached hydrogens (tertiary/aromatic N) is 2. The monoisotopic (exact) mass is 380 g/mol. The van der Waals surface area contributed by atoms with Gasteiger partial charge in [0.05, 0.1) is 17.3 Å². The molecule has 0 atom stereocenters. The number of aromatic hydroxyl groups is 1. The van der Waals surface area contributed by atoms with Crippen molar-refractivity contribution in [1.29, 1.82) is 0 Å². The summed E-state index contributed by atoms with van der Waals surface area (Å²) in [6, 6.07) is 6.19. The highest BCUT2D eigenvalue weighted by atomic mass is 16.5. The Morgan fingerprint density at radius 1 is 1.18 bits per heavy atom. The third-order valence-electron chi connectivity index (χ3n) is 6.13. The minimum absolute atomic E-state index is 0.00431. The first-order valence-electron chi connectivity index (χ1n) is 10.3. The number of aromatic nitrogens is 2. The molecule has 1 N–H and O–H groups in total. The van der Waals surface area contributed by atoms with E-state index in [0.29, 0.717) is 30.2 Å². The van der Waals surface area contributed by atoms with Crippen LogP contribution in [0.4, 0.5) is 0 Å². The van der Waals surface area contributed by atoms with Crippen molar-refractivity contribution in [3.8, 4) is 11.5 Å². The van der Waals surface area contributed by atoms with Crippen LogP contribution in [-0.2, 0) is 0 Å². The number of hydrogen-bond acceptors (Lipinski definition) is 4. The van der Waals surface area contributed by atoms with Crippen LogP contribution in [0.2, 0.25) is 0 Å². The standard InChI is InChI=1S/C23H28N2O3/c1-16-10-11-22(20(14-26)23(16)27)28-15-17-6-2-5-9-19(17)21-12-13-24-25(21)18-7-3-4-8-18/h10-14,18,27H,2-9,15H2,1H3. The number of benzene rings is 1. The maximum atomic E-state index is 11.4. The van der Waals surface area contributed by atoms with Gasteiger partial charge < -0.3 is 9.84 Å². The summed E-state index contributed by atoms with van der Waals surface area (Å²) in [5, 5.41) is 14.8. The van der Waals surface area contributed by atoms with Crippen molar-refractivity contribution in [2.24, 2.45) is 0 Å². The van der Waals surface area contributed by atoms with E-state index in [1.54, 1.807) is 19.1 Å². The Balaban J connectivity index is 1.61. The maximum absolute atomic E-state index is 11.4. The van der Waals surface area contributed by atoms with Crippen molar-refractivity contribution in [1.82, 2.24) is 9.78 Å². The second kappa shape index (κ2) is 8.21. The molecule has 0 amide bonds. The SMILES string of the molecule is Cc1ccc(OCC2=C(c3ccnn3C3CCCC3)CCCC2)c(C=O)c1O. The summed E-state index contributed by atoms with van der Waals surface area (Å²) in [6.07, 6.45) is 11.9. The van der Waals surface area contributed by atoms with Crippen LogP contribution in [0.5, 0.6) is 11.5 Å². The van der Waals surface area contributed by atoms with Crippen LogP contribution >= 0.6 is 0 Å². The molecular formula is C23H28N2O3. The molecule has 2 aliphatic carbocycles. The lowest BCUT2D eigenvalue weighted by atomic mass is 9.90. The average molecular weight is 380 g/mol. The lowest BCUT2D eigenvalue weighted by molar-refractivity contribution is 0.111. The van der Waals surface area contributed by atoms with Gasteiger partial charge in [-0.3, -0.25) is 9.48 Å². The number of rotatable bonds is 6. The Morgan fingerprint density at radius 3 is 2.75 bits per heavy atom. The first-order valence-corrected chi connectivity index (χ1v) is 10.3. The molecule has 0 radical (unpaired) electrons. The Hall–Kier alpha value is -2.56. The summed E-state index contributed by atoms with van der Waals surface area (Å²) in [5.74, 6) is 0.449. The molecule has 5 heteroatoms. The molecule has 1 aromatic heterocycles. The largest absolute Gasteiger partial charge is 0.507 e. The van der Waals surface area contributed by atoms with Gasteiger partial charge in [0.2, 0.25) is 0 Å². The van der Waals surface area contributed by atoms with Crippen LogP contribution in [-0.4, -0.2) is 27.8 Å². The van der Waals surface area contributed by atoms with Gasteiger partial charge in [0.1, 0.15) is 18.1 Å². The molecule has 0 bridgehead atoms. The first-order chi connectivity index (χ1) is 13.7. The number of ether oxygens (including phenoxy) is 1. The van der Waals surface area contributed by atoms with Gasteiger partial charge in [0.15, 0.2) is 6.29 Å². The first kappa shape index (κ1) is 18.8. The summed E-state index contributed by atoms with van der Waals surface area (Å²) < 4.78 is 8.24. The van der Waals surface area contributed by atoms with Crippen LogP contribution < -0.4 is 4.74 Å². The molecule has 148 valence electrons. The second-order valence-corrected chi connectivity index (χ2v) is 7.94. The van der Waals surface area contributed by atoms with Crippen LogP contribution in [0.1, 0.15) is 79.0 Å². The molecule has 1 saturated carbocycles. The number of phenols is 1. The number of phenolic OH excluding ortho intramolecular Hbond substituents is 1. The van der Waals surface area contributed by atoms with E-state index in [9.17, 15) is 9.90 Å². The Bertz CT molecular complexity index is 891. The minimum Gasteiger partial charge on any atom is -0.507 e. The van der Waals surface area contributed by atoms with E-state index in [1.165, 1.54) is 48.9 Å². The third kappa shape index (κ3) is 3.58. The lowest BCUT2D eigenvalue weighted by Gasteiger charge is -2.23. The number of hydrogen-bond donors (Lipinski definition) is 1. The minimum atomic E-state index is 0.00431. The van der Waals surface area contributed by atoms with E-state index in [0.717, 1.165) is 19.3 Å². The van der Waals surface area contributed by atoms with Crippen LogP contribution in [0.15, 0.2) is 30.0 Å². The number of aryl methyl sites for hydroxylation is 1. The molecule has 0 spiro atoms. The molecule has 28 heavy (non-hydrogen) atoms. The van der Waals surface area contributed by atoms with E-state index >= 15 is 0 Å². The molecule has 5 nitrogen and oxygen atoms in total. The van der Waals surface area contributed by atoms with Crippen LogP contribution in [0, 0.1) is 6.92 Å². The predicted molar refractivity (Wildman–Crippen MR) is 109 cm³/mol. The van der Waals surface area contributed by atoms with Crippen molar-refractivity contribution in [3.05, 3.63) is 46.8 Å². The fourth-order valence-corrected chi connectivity index (χ4v) is 4.53. The molecule has 0 aliphatic heterocycles. The van der Waals surface area contributed by atoms with Gasteiger partial charge in [-0.1, -0.05) is 18.9 Å². The predicted octanol–water partition coefficient (Wildman–Crippen LogP) is 5.23. The van der Waals surface area contributed by atoms with E-state index in [4.69, 9.17) is 4.74 Å². The zero-order chi connectivity index (χ0) is 19.5. The molecule has 0 unspecified atom stereocenters. The van der Waals surface area contributed by atoms with Gasteiger partial charge >= 0.3 is 0 Å². The van der Waals surface area contributed by atoms with Gasteiger partial charge in [-0.05, 0) is 74.3 Å². The lowest BCUT2D eigenvalue weighted by Crippen LogP contribution is -2.14. The van der Waals surface area contributed by atoms with E-state index in [2.05, 4.69) is 15.8 Å². The Labute approximate surface area is 166 Å². The summed E-state index contributed by atoms with van der Waals surface area (Å²) in [7, 11) is 0. The smallest absolute Gasteiger partial charge is 0.157 e. The number of carbonyl (C=O) groups is 1. The van der Waals surface area contributed by atoms with Crippen molar-refractivity contribution in [2.75, 3.05) is 6.61 Å². The molecule has 1 aromatic carbocycles. The summed E-state index contributed by atoms with van der Waals surface area (Å²) in [5.41, 5.74) is 4.76. The molecule has 0 saturated heterocycles. The van der Waals surface area contributed by atoms with Crippen molar-refractivity contribution < 1.29 is 14.6 Å². The van der Waals surface area contributed by atoms with Crippen molar-refractivity contribution in [3.63, 3.8) is 0 Å². The normalized spacial score (nSPS) is 17.9. The highest BCUT2D eigenvalue weighted by Crippen LogP contribution is 2.37. The van der Waals surface area contributed by atoms with Gasteiger partial charge in [0.25, 0.3) is 0 Å². The highest BCUT2D eigenvalue weighted by Gasteiger charge is 2.24. The van der Waals surface area contributed by atoms with Crippen molar-refractivity contribution >= 4 is 11.9 Å². The summed E-state index contributed by atoms with van der Waals surface area (Å²) >= 11 is 0. The quantitative estimate of drug-likeness (QED) is 0.697. The molecule has 4 rings (SSSR count). The number of allylic oxidation sites excluding steroid dienone is 1. The van der Waals surface area contributed by atoms with E-state index in [-0.39, 0.29) is 11.3 Å². The van der Waals surface area contributed by atoms with Crippen LogP contribution in [0.3, 0.4) is 0 Å². The fourth-order valence-electron chi connectivity index (χ4n) is 4.53. The van der Waals surface area contributed by atoms with Gasteiger partial charge in [-0.15, -0.1) is 0 Å². The van der Waals surface area contributed by atoms with Gasteiger partial charge in [-0.2, -0.15) is 5.10 Å². The van der Waals surface area contributed by atoms with Crippen molar-refractivity contribution in [2.45, 2.75) is 64.3 Å². The second-order valence-electron chi connectivity index (χ2n) is 7.94. The van der Waals surface area contributed by atoms with E-state index < -0.39 is 0 Å². The molecular weight excluding hydrogens is 352 g/mol. The van der Waals surface area contributed by atoms with E-state index in [1.807, 2.05) is 6.20 Å². The average Bonchev–Trinajstić information content (AvgIpc) is 3.40. The molecule has 1 heterocycles. The molecule has 2 aliphatic rings. The molecule has 1 fully saturated rings. The number of carbonyl (C=O) groups excluding carboxylic acids is 1. The highest BCUT2D eigenvalue weighted by molar-refractivity contribution is 5.84. The van der Waals surface area contributed by atoms with Gasteiger partial charge in [0, 0.05) is 6.20 Å². The maximum Gasteiger partial charge on any atom is 0.157 e. The Kier molecular flexibility index (Phi) is 5.51. The number of aldehydes is 1. The summed E-state index contributed by atoms with van der Waals surface area (Å²) in [6.45, 7) is 2.21.